The van der Waals surface area contributed by atoms with Crippen molar-refractivity contribution in [2.45, 2.75) is 114 Å². The molecule has 2 aromatic carbocycles. The molecule has 2 aliphatic carbocycles. The van der Waals surface area contributed by atoms with Crippen LogP contribution >= 0.6 is 24.0 Å². The van der Waals surface area contributed by atoms with Crippen LogP contribution in [0.4, 0.5) is 14.8 Å². The standard InChI is InChI=1S/C18H26FN3O3S.C11H24N2O2S.C7H3ClFNO.ClH/c1-18(2,3)26(23,24)20-11-12-4-7-14(8-5-12)21-17-22-15-9-6-13(19)10-16(15)25-17;1-11(2,3)16(14,15)13-8-9-4-6-10(12)7-5-9;8-7-10-5-2-1-4(9)3-6(5)11-7;/h6,9-10,12,14,20H,4-5,7-8,11H2,1-3H3,(H,21,22);9-10,13H,4-8,12H2,1-3H3;1-3H;1H. The van der Waals surface area contributed by atoms with E-state index in [9.17, 15) is 25.6 Å². The Kier molecular flexibility index (Phi) is 16.1. The number of sulfonamides is 2. The third kappa shape index (κ3) is 13.3. The van der Waals surface area contributed by atoms with E-state index in [0.29, 0.717) is 59.2 Å². The summed E-state index contributed by atoms with van der Waals surface area (Å²) in [6.45, 7) is 11.3. The molecule has 18 heteroatoms. The molecule has 2 heterocycles. The summed E-state index contributed by atoms with van der Waals surface area (Å²) in [5.41, 5.74) is 7.80. The minimum atomic E-state index is -3.30. The maximum absolute atomic E-state index is 13.2. The SMILES string of the molecule is CC(C)(C)S(=O)(=O)NCC1CCC(N)CC1.CC(C)(C)S(=O)(=O)NCC1CCC(Nc2nc3ccc(F)cc3o2)CC1.Cl.Fc1ccc2nc(Cl)oc2c1. The molecule has 0 atom stereocenters. The van der Waals surface area contributed by atoms with Gasteiger partial charge in [0.05, 0.1) is 9.49 Å². The number of aromatic nitrogens is 2. The van der Waals surface area contributed by atoms with E-state index in [2.05, 4.69) is 24.7 Å². The maximum Gasteiger partial charge on any atom is 0.295 e. The number of oxazole rings is 2. The largest absolute Gasteiger partial charge is 0.427 e. The zero-order valence-corrected chi connectivity index (χ0v) is 34.8. The van der Waals surface area contributed by atoms with Crippen molar-refractivity contribution in [3.63, 3.8) is 0 Å². The maximum atomic E-state index is 13.2. The molecule has 0 bridgehead atoms. The number of hydrogen-bond donors (Lipinski definition) is 4. The zero-order valence-electron chi connectivity index (χ0n) is 31.6. The number of rotatable bonds is 8. The number of nitrogens with zero attached hydrogens (tertiary/aromatic N) is 2. The van der Waals surface area contributed by atoms with Crippen molar-refractivity contribution >= 4 is 72.3 Å². The molecule has 2 saturated carbocycles. The van der Waals surface area contributed by atoms with Gasteiger partial charge in [-0.3, -0.25) is 0 Å². The monoisotopic (exact) mass is 838 g/mol. The van der Waals surface area contributed by atoms with Crippen molar-refractivity contribution < 1.29 is 34.5 Å². The highest BCUT2D eigenvalue weighted by Gasteiger charge is 2.31. The number of nitrogens with two attached hydrogens (primary N) is 1. The van der Waals surface area contributed by atoms with Crippen LogP contribution in [0.2, 0.25) is 5.35 Å². The number of fused-ring (bicyclic) bond motifs is 2. The lowest BCUT2D eigenvalue weighted by atomic mass is 9.86. The minimum absolute atomic E-state index is 0. The van der Waals surface area contributed by atoms with Crippen molar-refractivity contribution in [2.24, 2.45) is 17.6 Å². The molecular formula is C36H54Cl2F2N6O6S2. The molecule has 0 saturated heterocycles. The number of halogens is 4. The highest BCUT2D eigenvalue weighted by atomic mass is 35.5. The summed E-state index contributed by atoms with van der Waals surface area (Å²) >= 11 is 5.44. The van der Waals surface area contributed by atoms with E-state index in [1.807, 2.05) is 0 Å². The molecule has 2 aliphatic rings. The van der Waals surface area contributed by atoms with E-state index in [4.69, 9.17) is 26.2 Å². The topological polar surface area (TPSA) is 182 Å². The first-order valence-electron chi connectivity index (χ1n) is 17.9. The molecule has 304 valence electrons. The number of anilines is 1. The van der Waals surface area contributed by atoms with Gasteiger partial charge in [0, 0.05) is 37.3 Å². The molecule has 2 aromatic heterocycles. The summed E-state index contributed by atoms with van der Waals surface area (Å²) in [7, 11) is -6.49. The van der Waals surface area contributed by atoms with E-state index < -0.39 is 29.5 Å². The Morgan fingerprint density at radius 2 is 1.15 bits per heavy atom. The van der Waals surface area contributed by atoms with Crippen LogP contribution in [0.15, 0.2) is 45.2 Å². The smallest absolute Gasteiger partial charge is 0.295 e. The molecule has 0 spiro atoms. The summed E-state index contributed by atoms with van der Waals surface area (Å²) in [6, 6.07) is 9.29. The van der Waals surface area contributed by atoms with Crippen LogP contribution in [-0.2, 0) is 20.0 Å². The summed E-state index contributed by atoms with van der Waals surface area (Å²) in [4.78, 5) is 8.11. The number of benzene rings is 2. The van der Waals surface area contributed by atoms with Crippen molar-refractivity contribution in [1.82, 2.24) is 19.4 Å². The lowest BCUT2D eigenvalue weighted by Gasteiger charge is -2.29. The van der Waals surface area contributed by atoms with Gasteiger partial charge in [0.15, 0.2) is 11.2 Å². The van der Waals surface area contributed by atoms with Crippen LogP contribution in [0, 0.1) is 23.5 Å². The van der Waals surface area contributed by atoms with E-state index in [1.165, 1.54) is 30.3 Å². The van der Waals surface area contributed by atoms with Crippen molar-refractivity contribution in [3.05, 3.63) is 53.4 Å². The van der Waals surface area contributed by atoms with Crippen LogP contribution in [0.3, 0.4) is 0 Å². The summed E-state index contributed by atoms with van der Waals surface area (Å²) in [6.07, 6.45) is 7.79. The van der Waals surface area contributed by atoms with Gasteiger partial charge in [0.25, 0.3) is 11.4 Å². The van der Waals surface area contributed by atoms with Crippen LogP contribution in [0.25, 0.3) is 22.2 Å². The van der Waals surface area contributed by atoms with Gasteiger partial charge < -0.3 is 19.9 Å². The van der Waals surface area contributed by atoms with Gasteiger partial charge in [-0.25, -0.2) is 35.1 Å². The first-order chi connectivity index (χ1) is 24.6. The molecule has 5 N–H and O–H groups in total. The Balaban J connectivity index is 0.000000238. The van der Waals surface area contributed by atoms with Gasteiger partial charge in [-0.2, -0.15) is 9.97 Å². The van der Waals surface area contributed by atoms with Crippen LogP contribution in [0.5, 0.6) is 0 Å². The van der Waals surface area contributed by atoms with E-state index in [0.717, 1.165) is 51.4 Å². The minimum Gasteiger partial charge on any atom is -0.427 e. The average molecular weight is 840 g/mol. The molecule has 4 aromatic rings. The highest BCUT2D eigenvalue weighted by Crippen LogP contribution is 2.29. The summed E-state index contributed by atoms with van der Waals surface area (Å²) < 4.78 is 88.0. The molecule has 12 nitrogen and oxygen atoms in total. The molecule has 6 rings (SSSR count). The van der Waals surface area contributed by atoms with Crippen molar-refractivity contribution in [1.29, 1.82) is 0 Å². The van der Waals surface area contributed by atoms with E-state index in [-0.39, 0.29) is 35.4 Å². The Bertz CT molecular complexity index is 2020. The van der Waals surface area contributed by atoms with Crippen molar-refractivity contribution in [2.75, 3.05) is 18.4 Å². The van der Waals surface area contributed by atoms with Gasteiger partial charge in [-0.15, -0.1) is 12.4 Å². The van der Waals surface area contributed by atoms with Gasteiger partial charge in [-0.05, 0) is 141 Å². The second-order valence-electron chi connectivity index (χ2n) is 15.8. The average Bonchev–Trinajstić information content (AvgIpc) is 3.64. The number of hydrogen-bond acceptors (Lipinski definition) is 10. The summed E-state index contributed by atoms with van der Waals surface area (Å²) in [5.74, 6) is 0.0866. The fourth-order valence-corrected chi connectivity index (χ4v) is 7.75. The van der Waals surface area contributed by atoms with Gasteiger partial charge >= 0.3 is 0 Å². The number of nitrogens with one attached hydrogen (secondary N) is 3. The normalized spacial score (nSPS) is 21.0. The van der Waals surface area contributed by atoms with Crippen molar-refractivity contribution in [3.8, 4) is 0 Å². The quantitative estimate of drug-likeness (QED) is 0.136. The molecule has 0 amide bonds. The Morgan fingerprint density at radius 1 is 0.722 bits per heavy atom. The second kappa shape index (κ2) is 19.0. The Hall–Kier alpha value is -2.60. The fourth-order valence-electron chi connectivity index (χ4n) is 5.80. The highest BCUT2D eigenvalue weighted by molar-refractivity contribution is 7.91. The fraction of sp³-hybridized carbons (Fsp3) is 0.611. The van der Waals surface area contributed by atoms with Crippen LogP contribution < -0.4 is 20.5 Å². The summed E-state index contributed by atoms with van der Waals surface area (Å²) in [5, 5.41) is 3.30. The third-order valence-electron chi connectivity index (χ3n) is 9.48. The molecular weight excluding hydrogens is 785 g/mol. The molecule has 0 aliphatic heterocycles. The zero-order chi connectivity index (χ0) is 39.2. The molecule has 54 heavy (non-hydrogen) atoms. The Morgan fingerprint density at radius 3 is 1.61 bits per heavy atom. The first kappa shape index (κ1) is 45.8. The van der Waals surface area contributed by atoms with Gasteiger partial charge in [0.1, 0.15) is 22.7 Å². The van der Waals surface area contributed by atoms with E-state index >= 15 is 0 Å². The second-order valence-corrected chi connectivity index (χ2v) is 21.1. The predicted octanol–water partition coefficient (Wildman–Crippen LogP) is 7.92. The molecule has 0 radical (unpaired) electrons. The van der Waals surface area contributed by atoms with Crippen LogP contribution in [0.1, 0.15) is 92.9 Å². The van der Waals surface area contributed by atoms with Gasteiger partial charge in [0.2, 0.25) is 20.0 Å². The van der Waals surface area contributed by atoms with Crippen LogP contribution in [-0.4, -0.2) is 61.5 Å². The first-order valence-corrected chi connectivity index (χ1v) is 21.2. The van der Waals surface area contributed by atoms with Gasteiger partial charge in [-0.1, -0.05) is 0 Å². The molecule has 2 fully saturated rings. The predicted molar refractivity (Wildman–Crippen MR) is 213 cm³/mol. The lowest BCUT2D eigenvalue weighted by Crippen LogP contribution is -2.42. The molecule has 0 unspecified atom stereocenters. The Labute approximate surface area is 328 Å². The lowest BCUT2D eigenvalue weighted by molar-refractivity contribution is 0.325. The third-order valence-corrected chi connectivity index (χ3v) is 14.0. The van der Waals surface area contributed by atoms with E-state index in [1.54, 1.807) is 47.6 Å².